The molecule has 2 atom stereocenters. The van der Waals surface area contributed by atoms with Gasteiger partial charge in [-0.05, 0) is 55.7 Å². The highest BCUT2D eigenvalue weighted by Gasteiger charge is 2.26. The number of likely N-dealkylation sites (tertiary alicyclic amines) is 1. The summed E-state index contributed by atoms with van der Waals surface area (Å²) in [6, 6.07) is 8.95. The first-order valence-electron chi connectivity index (χ1n) is 9.36. The van der Waals surface area contributed by atoms with Gasteiger partial charge in [-0.1, -0.05) is 19.1 Å². The molecule has 0 aromatic heterocycles. The Labute approximate surface area is 145 Å². The Morgan fingerprint density at radius 3 is 2.79 bits per heavy atom. The van der Waals surface area contributed by atoms with Crippen LogP contribution in [0, 0.1) is 5.92 Å². The summed E-state index contributed by atoms with van der Waals surface area (Å²) >= 11 is 0. The van der Waals surface area contributed by atoms with Crippen molar-refractivity contribution in [1.82, 2.24) is 10.2 Å². The maximum absolute atomic E-state index is 11.5. The molecule has 1 aromatic carbocycles. The summed E-state index contributed by atoms with van der Waals surface area (Å²) in [4.78, 5) is 13.5. The predicted octanol–water partition coefficient (Wildman–Crippen LogP) is 3.35. The van der Waals surface area contributed by atoms with Gasteiger partial charge in [-0.2, -0.15) is 0 Å². The largest absolute Gasteiger partial charge is 0.490 e. The Morgan fingerprint density at radius 1 is 1.29 bits per heavy atom. The number of hydrogen-bond donors (Lipinski definition) is 1. The molecule has 1 amide bonds. The van der Waals surface area contributed by atoms with Gasteiger partial charge in [-0.3, -0.25) is 4.79 Å². The summed E-state index contributed by atoms with van der Waals surface area (Å²) in [6.07, 6.45) is 6.40. The number of nitrogens with one attached hydrogen (secondary N) is 1. The monoisotopic (exact) mass is 330 g/mol. The van der Waals surface area contributed by atoms with Gasteiger partial charge in [0.25, 0.3) is 0 Å². The van der Waals surface area contributed by atoms with Crippen molar-refractivity contribution < 1.29 is 9.53 Å². The van der Waals surface area contributed by atoms with E-state index >= 15 is 0 Å². The number of carbonyl (C=O) groups is 1. The van der Waals surface area contributed by atoms with E-state index in [0.29, 0.717) is 18.1 Å². The lowest BCUT2D eigenvalue weighted by Crippen LogP contribution is -2.49. The van der Waals surface area contributed by atoms with Crippen LogP contribution in [-0.2, 0) is 11.3 Å². The second-order valence-corrected chi connectivity index (χ2v) is 7.39. The predicted molar refractivity (Wildman–Crippen MR) is 96.0 cm³/mol. The van der Waals surface area contributed by atoms with Crippen molar-refractivity contribution in [1.29, 1.82) is 0 Å². The Kier molecular flexibility index (Phi) is 5.77. The zero-order valence-corrected chi connectivity index (χ0v) is 15.0. The first kappa shape index (κ1) is 17.3. The molecule has 1 N–H and O–H groups in total. The minimum Gasteiger partial charge on any atom is -0.490 e. The van der Waals surface area contributed by atoms with Gasteiger partial charge in [-0.25, -0.2) is 0 Å². The van der Waals surface area contributed by atoms with Crippen molar-refractivity contribution in [2.24, 2.45) is 5.92 Å². The molecule has 1 aliphatic heterocycles. The van der Waals surface area contributed by atoms with E-state index in [1.54, 1.807) is 6.92 Å². The van der Waals surface area contributed by atoms with E-state index in [1.807, 2.05) is 4.90 Å². The van der Waals surface area contributed by atoms with Crippen molar-refractivity contribution in [2.75, 3.05) is 13.1 Å². The summed E-state index contributed by atoms with van der Waals surface area (Å²) in [5.41, 5.74) is 1.27. The quantitative estimate of drug-likeness (QED) is 0.900. The molecular weight excluding hydrogens is 300 g/mol. The Morgan fingerprint density at radius 2 is 2.08 bits per heavy atom. The van der Waals surface area contributed by atoms with E-state index in [9.17, 15) is 4.79 Å². The molecule has 132 valence electrons. The van der Waals surface area contributed by atoms with Gasteiger partial charge in [0.2, 0.25) is 5.91 Å². The summed E-state index contributed by atoms with van der Waals surface area (Å²) in [5.74, 6) is 1.68. The number of amides is 1. The molecule has 1 heterocycles. The zero-order valence-electron chi connectivity index (χ0n) is 15.0. The van der Waals surface area contributed by atoms with Crippen molar-refractivity contribution in [3.05, 3.63) is 29.8 Å². The number of carbonyl (C=O) groups excluding carboxylic acids is 1. The minimum absolute atomic E-state index is 0.192. The van der Waals surface area contributed by atoms with Crippen LogP contribution >= 0.6 is 0 Å². The van der Waals surface area contributed by atoms with Crippen LogP contribution < -0.4 is 10.1 Å². The number of rotatable bonds is 5. The molecular formula is C20H30N2O2. The second kappa shape index (κ2) is 8.02. The SMILES string of the molecule is CC(=O)N1CC[C@H](NCc2cccc(OC3CCCC3)c2)[C@@H](C)C1. The molecule has 0 radical (unpaired) electrons. The lowest BCUT2D eigenvalue weighted by Gasteiger charge is -2.37. The summed E-state index contributed by atoms with van der Waals surface area (Å²) in [5, 5.41) is 3.67. The molecule has 1 saturated heterocycles. The molecule has 3 rings (SSSR count). The fraction of sp³-hybridized carbons (Fsp3) is 0.650. The van der Waals surface area contributed by atoms with Gasteiger partial charge in [0.15, 0.2) is 0 Å². The molecule has 1 saturated carbocycles. The van der Waals surface area contributed by atoms with Gasteiger partial charge in [0.05, 0.1) is 6.10 Å². The van der Waals surface area contributed by atoms with Crippen LogP contribution in [0.2, 0.25) is 0 Å². The van der Waals surface area contributed by atoms with Crippen molar-refractivity contribution in [2.45, 2.75) is 64.6 Å². The highest BCUT2D eigenvalue weighted by molar-refractivity contribution is 5.73. The molecule has 24 heavy (non-hydrogen) atoms. The Bertz CT molecular complexity index is 554. The molecule has 4 nitrogen and oxygen atoms in total. The summed E-state index contributed by atoms with van der Waals surface area (Å²) < 4.78 is 6.10. The van der Waals surface area contributed by atoms with Gasteiger partial charge >= 0.3 is 0 Å². The maximum atomic E-state index is 11.5. The molecule has 0 unspecified atom stereocenters. The number of nitrogens with zero attached hydrogens (tertiary/aromatic N) is 1. The molecule has 0 spiro atoms. The van der Waals surface area contributed by atoms with Crippen LogP contribution in [-0.4, -0.2) is 36.0 Å². The van der Waals surface area contributed by atoms with Crippen LogP contribution in [0.5, 0.6) is 5.75 Å². The normalized spacial score (nSPS) is 25.0. The molecule has 2 aliphatic rings. The standard InChI is InChI=1S/C20H30N2O2/c1-15-14-22(16(2)23)11-10-20(15)21-13-17-6-5-9-19(12-17)24-18-7-3-4-8-18/h5-6,9,12,15,18,20-21H,3-4,7-8,10-11,13-14H2,1-2H3/t15-,20-/m0/s1. The molecule has 0 bridgehead atoms. The molecule has 1 aliphatic carbocycles. The highest BCUT2D eigenvalue weighted by atomic mass is 16.5. The number of ether oxygens (including phenoxy) is 1. The number of benzene rings is 1. The van der Waals surface area contributed by atoms with Gasteiger partial charge in [0.1, 0.15) is 5.75 Å². The third-order valence-electron chi connectivity index (χ3n) is 5.42. The van der Waals surface area contributed by atoms with E-state index in [4.69, 9.17) is 4.74 Å². The minimum atomic E-state index is 0.192. The smallest absolute Gasteiger partial charge is 0.219 e. The Balaban J connectivity index is 1.50. The first-order chi connectivity index (χ1) is 11.6. The average molecular weight is 330 g/mol. The zero-order chi connectivity index (χ0) is 16.9. The first-order valence-corrected chi connectivity index (χ1v) is 9.36. The fourth-order valence-corrected chi connectivity index (χ4v) is 3.91. The number of hydrogen-bond acceptors (Lipinski definition) is 3. The third-order valence-corrected chi connectivity index (χ3v) is 5.42. The summed E-state index contributed by atoms with van der Waals surface area (Å²) in [6.45, 7) is 6.47. The van der Waals surface area contributed by atoms with Gasteiger partial charge in [-0.15, -0.1) is 0 Å². The van der Waals surface area contributed by atoms with Crippen molar-refractivity contribution in [3.63, 3.8) is 0 Å². The summed E-state index contributed by atoms with van der Waals surface area (Å²) in [7, 11) is 0. The molecule has 4 heteroatoms. The van der Waals surface area contributed by atoms with Crippen LogP contribution in [0.1, 0.15) is 51.5 Å². The topological polar surface area (TPSA) is 41.6 Å². The molecule has 2 fully saturated rings. The van der Waals surface area contributed by atoms with E-state index in [2.05, 4.69) is 36.5 Å². The van der Waals surface area contributed by atoms with Crippen molar-refractivity contribution in [3.8, 4) is 5.75 Å². The molecule has 1 aromatic rings. The van der Waals surface area contributed by atoms with E-state index < -0.39 is 0 Å². The second-order valence-electron chi connectivity index (χ2n) is 7.39. The Hall–Kier alpha value is -1.55. The van der Waals surface area contributed by atoms with Crippen LogP contribution in [0.3, 0.4) is 0 Å². The maximum Gasteiger partial charge on any atom is 0.219 e. The van der Waals surface area contributed by atoms with E-state index in [0.717, 1.165) is 31.8 Å². The fourth-order valence-electron chi connectivity index (χ4n) is 3.91. The lowest BCUT2D eigenvalue weighted by atomic mass is 9.93. The van der Waals surface area contributed by atoms with Crippen LogP contribution in [0.4, 0.5) is 0 Å². The lowest BCUT2D eigenvalue weighted by molar-refractivity contribution is -0.130. The third kappa shape index (κ3) is 4.50. The average Bonchev–Trinajstić information content (AvgIpc) is 3.07. The van der Waals surface area contributed by atoms with Gasteiger partial charge < -0.3 is 15.0 Å². The van der Waals surface area contributed by atoms with Gasteiger partial charge in [0, 0.05) is 32.6 Å². The van der Waals surface area contributed by atoms with Crippen LogP contribution in [0.25, 0.3) is 0 Å². The van der Waals surface area contributed by atoms with E-state index in [-0.39, 0.29) is 5.91 Å². The number of piperidine rings is 1. The highest BCUT2D eigenvalue weighted by Crippen LogP contribution is 2.25. The van der Waals surface area contributed by atoms with Crippen LogP contribution in [0.15, 0.2) is 24.3 Å². The van der Waals surface area contributed by atoms with E-state index in [1.165, 1.54) is 31.2 Å². The van der Waals surface area contributed by atoms with Crippen molar-refractivity contribution >= 4 is 5.91 Å².